The van der Waals surface area contributed by atoms with Gasteiger partial charge in [0.05, 0.1) is 43.2 Å². The number of benzene rings is 2. The number of anilines is 1. The lowest BCUT2D eigenvalue weighted by molar-refractivity contribution is -0.123. The topological polar surface area (TPSA) is 133 Å². The first-order valence-corrected chi connectivity index (χ1v) is 11.6. The molecular formula is C23H24N2O8S. The zero-order chi connectivity index (χ0) is 24.7. The molecule has 10 nitrogen and oxygen atoms in total. The van der Waals surface area contributed by atoms with Crippen LogP contribution < -0.4 is 19.5 Å². The molecule has 11 heteroatoms. The molecule has 0 aliphatic carbocycles. The van der Waals surface area contributed by atoms with Crippen molar-refractivity contribution in [3.63, 3.8) is 0 Å². The lowest BCUT2D eigenvalue weighted by Gasteiger charge is -2.16. The van der Waals surface area contributed by atoms with Crippen molar-refractivity contribution >= 4 is 27.6 Å². The van der Waals surface area contributed by atoms with Crippen LogP contribution in [0.4, 0.5) is 5.69 Å². The number of rotatable bonds is 10. The van der Waals surface area contributed by atoms with E-state index in [0.29, 0.717) is 22.9 Å². The molecular weight excluding hydrogens is 464 g/mol. The Morgan fingerprint density at radius 1 is 1.03 bits per heavy atom. The van der Waals surface area contributed by atoms with Gasteiger partial charge in [-0.3, -0.25) is 4.79 Å². The molecule has 0 aliphatic rings. The second-order valence-corrected chi connectivity index (χ2v) is 8.80. The third-order valence-electron chi connectivity index (χ3n) is 4.73. The van der Waals surface area contributed by atoms with Crippen LogP contribution in [0.25, 0.3) is 0 Å². The summed E-state index contributed by atoms with van der Waals surface area (Å²) in [6.45, 7) is 1.40. The molecule has 1 heterocycles. The molecule has 180 valence electrons. The van der Waals surface area contributed by atoms with Gasteiger partial charge in [0, 0.05) is 6.07 Å². The van der Waals surface area contributed by atoms with E-state index >= 15 is 0 Å². The van der Waals surface area contributed by atoms with E-state index in [0.717, 1.165) is 0 Å². The number of sulfonamides is 1. The van der Waals surface area contributed by atoms with E-state index in [1.165, 1.54) is 51.7 Å². The Bertz CT molecular complexity index is 1240. The van der Waals surface area contributed by atoms with Gasteiger partial charge in [-0.1, -0.05) is 0 Å². The van der Waals surface area contributed by atoms with Crippen molar-refractivity contribution in [1.29, 1.82) is 0 Å². The molecule has 0 spiro atoms. The first kappa shape index (κ1) is 24.8. The lowest BCUT2D eigenvalue weighted by atomic mass is 10.2. The summed E-state index contributed by atoms with van der Waals surface area (Å²) in [4.78, 5) is 24.9. The molecule has 1 unspecified atom stereocenters. The van der Waals surface area contributed by atoms with Crippen LogP contribution in [0.5, 0.6) is 11.5 Å². The fraction of sp³-hybridized carbons (Fsp3) is 0.217. The van der Waals surface area contributed by atoms with Crippen molar-refractivity contribution in [2.24, 2.45) is 0 Å². The van der Waals surface area contributed by atoms with E-state index in [9.17, 15) is 18.0 Å². The molecule has 0 fully saturated rings. The van der Waals surface area contributed by atoms with Gasteiger partial charge in [0.1, 0.15) is 17.3 Å². The summed E-state index contributed by atoms with van der Waals surface area (Å²) in [5, 5.41) is 2.63. The summed E-state index contributed by atoms with van der Waals surface area (Å²) < 4.78 is 47.9. The highest BCUT2D eigenvalue weighted by Gasteiger charge is 2.21. The summed E-state index contributed by atoms with van der Waals surface area (Å²) in [7, 11) is -0.865. The maximum atomic E-state index is 12.5. The summed E-state index contributed by atoms with van der Waals surface area (Å²) >= 11 is 0. The lowest BCUT2D eigenvalue weighted by Crippen LogP contribution is -2.30. The number of esters is 1. The van der Waals surface area contributed by atoms with Crippen LogP contribution in [0.2, 0.25) is 0 Å². The van der Waals surface area contributed by atoms with Crippen LogP contribution in [0.15, 0.2) is 70.2 Å². The molecule has 0 bridgehead atoms. The van der Waals surface area contributed by atoms with Crippen LogP contribution in [-0.4, -0.2) is 40.6 Å². The average Bonchev–Trinajstić information content (AvgIpc) is 3.36. The molecule has 0 saturated carbocycles. The SMILES string of the molecule is COc1ccc(OC)c(NC(=O)C(C)OC(=O)c2ccc(S(=O)(=O)NCc3ccco3)cc2)c1. The standard InChI is InChI=1S/C23H24N2O8S/c1-15(22(26)25-20-13-17(30-2)8-11-21(20)31-3)33-23(27)16-6-9-19(10-7-16)34(28,29)24-14-18-5-4-12-32-18/h4-13,15,24H,14H2,1-3H3,(H,25,26). The molecule has 3 rings (SSSR count). The van der Waals surface area contributed by atoms with E-state index in [-0.39, 0.29) is 17.0 Å². The Hall–Kier alpha value is -3.83. The Morgan fingerprint density at radius 2 is 1.76 bits per heavy atom. The monoisotopic (exact) mass is 488 g/mol. The van der Waals surface area contributed by atoms with Gasteiger partial charge in [-0.2, -0.15) is 0 Å². The van der Waals surface area contributed by atoms with Crippen LogP contribution in [0, 0.1) is 0 Å². The number of methoxy groups -OCH3 is 2. The summed E-state index contributed by atoms with van der Waals surface area (Å²) in [6.07, 6.45) is 0.306. The zero-order valence-electron chi connectivity index (χ0n) is 18.7. The van der Waals surface area contributed by atoms with Crippen LogP contribution >= 0.6 is 0 Å². The van der Waals surface area contributed by atoms with Gasteiger partial charge in [-0.25, -0.2) is 17.9 Å². The Labute approximate surface area is 196 Å². The smallest absolute Gasteiger partial charge is 0.338 e. The molecule has 3 aromatic rings. The highest BCUT2D eigenvalue weighted by molar-refractivity contribution is 7.89. The number of hydrogen-bond acceptors (Lipinski definition) is 8. The highest BCUT2D eigenvalue weighted by Crippen LogP contribution is 2.29. The van der Waals surface area contributed by atoms with Gasteiger partial charge < -0.3 is 23.9 Å². The molecule has 2 aromatic carbocycles. The van der Waals surface area contributed by atoms with Gasteiger partial charge >= 0.3 is 5.97 Å². The number of nitrogens with one attached hydrogen (secondary N) is 2. The maximum absolute atomic E-state index is 12.5. The van der Waals surface area contributed by atoms with E-state index in [4.69, 9.17) is 18.6 Å². The van der Waals surface area contributed by atoms with Crippen LogP contribution in [-0.2, 0) is 26.1 Å². The normalized spacial score (nSPS) is 12.0. The van der Waals surface area contributed by atoms with Crippen molar-refractivity contribution in [1.82, 2.24) is 4.72 Å². The van der Waals surface area contributed by atoms with Gasteiger partial charge in [-0.15, -0.1) is 0 Å². The van der Waals surface area contributed by atoms with E-state index in [2.05, 4.69) is 10.0 Å². The predicted octanol–water partition coefficient (Wildman–Crippen LogP) is 2.96. The van der Waals surface area contributed by atoms with E-state index < -0.39 is 28.0 Å². The average molecular weight is 489 g/mol. The van der Waals surface area contributed by atoms with Crippen molar-refractivity contribution in [3.05, 3.63) is 72.2 Å². The van der Waals surface area contributed by atoms with Crippen LogP contribution in [0.3, 0.4) is 0 Å². The minimum absolute atomic E-state index is 0.0101. The molecule has 1 aromatic heterocycles. The first-order valence-electron chi connectivity index (χ1n) is 10.1. The molecule has 2 N–H and O–H groups in total. The third kappa shape index (κ3) is 6.15. The molecule has 1 atom stereocenters. The number of amides is 1. The number of carbonyl (C=O) groups excluding carboxylic acids is 2. The van der Waals surface area contributed by atoms with Gasteiger partial charge in [0.15, 0.2) is 6.10 Å². The molecule has 0 radical (unpaired) electrons. The molecule has 34 heavy (non-hydrogen) atoms. The van der Waals surface area contributed by atoms with Gasteiger partial charge in [-0.05, 0) is 55.5 Å². The van der Waals surface area contributed by atoms with Gasteiger partial charge in [0.2, 0.25) is 10.0 Å². The van der Waals surface area contributed by atoms with Crippen molar-refractivity contribution in [2.75, 3.05) is 19.5 Å². The molecule has 0 aliphatic heterocycles. The molecule has 1 amide bonds. The van der Waals surface area contributed by atoms with E-state index in [1.807, 2.05) is 0 Å². The van der Waals surface area contributed by atoms with Crippen molar-refractivity contribution in [2.45, 2.75) is 24.5 Å². The minimum atomic E-state index is -3.81. The highest BCUT2D eigenvalue weighted by atomic mass is 32.2. The zero-order valence-corrected chi connectivity index (χ0v) is 19.5. The van der Waals surface area contributed by atoms with Crippen molar-refractivity contribution < 1.29 is 36.6 Å². The maximum Gasteiger partial charge on any atom is 0.338 e. The fourth-order valence-electron chi connectivity index (χ4n) is 2.86. The second kappa shape index (κ2) is 10.9. The third-order valence-corrected chi connectivity index (χ3v) is 6.15. The Morgan fingerprint density at radius 3 is 2.38 bits per heavy atom. The number of ether oxygens (including phenoxy) is 3. The van der Waals surface area contributed by atoms with Crippen LogP contribution in [0.1, 0.15) is 23.0 Å². The quantitative estimate of drug-likeness (QED) is 0.416. The predicted molar refractivity (Wildman–Crippen MR) is 122 cm³/mol. The summed E-state index contributed by atoms with van der Waals surface area (Å²) in [6, 6.07) is 13.3. The largest absolute Gasteiger partial charge is 0.497 e. The summed E-state index contributed by atoms with van der Waals surface area (Å²) in [5.41, 5.74) is 0.440. The second-order valence-electron chi connectivity index (χ2n) is 7.03. The minimum Gasteiger partial charge on any atom is -0.497 e. The number of carbonyl (C=O) groups is 2. The van der Waals surface area contributed by atoms with Crippen molar-refractivity contribution in [3.8, 4) is 11.5 Å². The number of furan rings is 1. The Kier molecular flexibility index (Phi) is 7.92. The van der Waals surface area contributed by atoms with Gasteiger partial charge in [0.25, 0.3) is 5.91 Å². The Balaban J connectivity index is 1.61. The first-order chi connectivity index (χ1) is 16.2. The summed E-state index contributed by atoms with van der Waals surface area (Å²) in [5.74, 6) is 0.0103. The molecule has 0 saturated heterocycles. The number of hydrogen-bond donors (Lipinski definition) is 2. The van der Waals surface area contributed by atoms with E-state index in [1.54, 1.807) is 30.3 Å². The fourth-order valence-corrected chi connectivity index (χ4v) is 3.85.